The van der Waals surface area contributed by atoms with Crippen LogP contribution in [0.3, 0.4) is 0 Å². The first kappa shape index (κ1) is 26.5. The Kier molecular flexibility index (Phi) is 10.5. The molecule has 0 amide bonds. The van der Waals surface area contributed by atoms with Crippen LogP contribution >= 0.6 is 0 Å². The zero-order valence-electron chi connectivity index (χ0n) is 21.2. The molecule has 1 atom stereocenters. The largest absolute Gasteiger partial charge is 0.493 e. The summed E-state index contributed by atoms with van der Waals surface area (Å²) in [7, 11) is 6.99. The Bertz CT molecular complexity index is 892. The molecule has 0 radical (unpaired) electrons. The van der Waals surface area contributed by atoms with E-state index in [-0.39, 0.29) is 5.92 Å². The number of hydrogen-bond donors (Lipinski definition) is 0. The summed E-state index contributed by atoms with van der Waals surface area (Å²) in [6.07, 6.45) is 5.16. The summed E-state index contributed by atoms with van der Waals surface area (Å²) < 4.78 is 16.7. The van der Waals surface area contributed by atoms with E-state index in [1.807, 2.05) is 12.1 Å². The molecule has 0 aromatic heterocycles. The maximum atomic E-state index is 10.4. The lowest BCUT2D eigenvalue weighted by atomic mass is 9.69. The third-order valence-corrected chi connectivity index (χ3v) is 6.58. The molecule has 0 spiro atoms. The number of methoxy groups -OCH3 is 3. The molecule has 2 aromatic carbocycles. The molecule has 0 unspecified atom stereocenters. The van der Waals surface area contributed by atoms with Crippen LogP contribution in [0.4, 0.5) is 0 Å². The summed E-state index contributed by atoms with van der Waals surface area (Å²) in [4.78, 5) is 2.37. The predicted octanol–water partition coefficient (Wildman–Crippen LogP) is 5.86. The summed E-state index contributed by atoms with van der Waals surface area (Å²) >= 11 is 0. The van der Waals surface area contributed by atoms with Crippen LogP contribution in [0.1, 0.15) is 50.7 Å². The minimum Gasteiger partial charge on any atom is -0.493 e. The zero-order valence-corrected chi connectivity index (χ0v) is 21.2. The summed E-state index contributed by atoms with van der Waals surface area (Å²) in [5.41, 5.74) is 1.60. The monoisotopic (exact) mass is 452 g/mol. The number of hydrogen-bond acceptors (Lipinski definition) is 5. The summed E-state index contributed by atoms with van der Waals surface area (Å²) in [5.74, 6) is 1.84. The Balaban J connectivity index is 2.02. The minimum absolute atomic E-state index is 0.116. The molecule has 5 heteroatoms. The Morgan fingerprint density at radius 3 is 2.12 bits per heavy atom. The molecule has 0 aliphatic carbocycles. The molecule has 180 valence electrons. The second-order valence-corrected chi connectivity index (χ2v) is 8.97. The van der Waals surface area contributed by atoms with Crippen LogP contribution in [-0.2, 0) is 11.8 Å². The van der Waals surface area contributed by atoms with E-state index in [4.69, 9.17) is 14.2 Å². The van der Waals surface area contributed by atoms with Crippen LogP contribution in [0.5, 0.6) is 17.2 Å². The van der Waals surface area contributed by atoms with Gasteiger partial charge in [-0.1, -0.05) is 44.2 Å². The van der Waals surface area contributed by atoms with E-state index < -0.39 is 5.41 Å². The van der Waals surface area contributed by atoms with Crippen LogP contribution in [-0.4, -0.2) is 46.4 Å². The normalized spacial score (nSPS) is 12.9. The number of ether oxygens (including phenoxy) is 3. The Morgan fingerprint density at radius 1 is 0.879 bits per heavy atom. The fourth-order valence-corrected chi connectivity index (χ4v) is 4.53. The van der Waals surface area contributed by atoms with Gasteiger partial charge in [0.2, 0.25) is 5.75 Å². The van der Waals surface area contributed by atoms with Gasteiger partial charge in [-0.15, -0.1) is 0 Å². The van der Waals surface area contributed by atoms with Crippen molar-refractivity contribution >= 4 is 0 Å². The molecule has 5 nitrogen and oxygen atoms in total. The molecule has 0 saturated carbocycles. The quantitative estimate of drug-likeness (QED) is 0.336. The van der Waals surface area contributed by atoms with Gasteiger partial charge in [0.1, 0.15) is 0 Å². The Labute approximate surface area is 200 Å². The lowest BCUT2D eigenvalue weighted by Gasteiger charge is -2.34. The van der Waals surface area contributed by atoms with Gasteiger partial charge < -0.3 is 19.1 Å². The molecule has 0 aliphatic rings. The van der Waals surface area contributed by atoms with Gasteiger partial charge >= 0.3 is 0 Å². The molecule has 0 heterocycles. The topological polar surface area (TPSA) is 54.7 Å². The molecule has 0 saturated heterocycles. The first-order valence-electron chi connectivity index (χ1n) is 11.9. The fraction of sp³-hybridized carbons (Fsp3) is 0.536. The van der Waals surface area contributed by atoms with Gasteiger partial charge in [-0.2, -0.15) is 5.26 Å². The van der Waals surface area contributed by atoms with Crippen LogP contribution in [0.2, 0.25) is 0 Å². The maximum absolute atomic E-state index is 10.4. The van der Waals surface area contributed by atoms with Crippen molar-refractivity contribution in [2.75, 3.05) is 41.5 Å². The zero-order chi connectivity index (χ0) is 24.3. The van der Waals surface area contributed by atoms with E-state index in [9.17, 15) is 5.26 Å². The molecule has 2 rings (SSSR count). The molecule has 0 bridgehead atoms. The summed E-state index contributed by atoms with van der Waals surface area (Å²) in [6, 6.07) is 17.1. The molecule has 33 heavy (non-hydrogen) atoms. The van der Waals surface area contributed by atoms with Crippen molar-refractivity contribution in [2.24, 2.45) is 5.92 Å². The van der Waals surface area contributed by atoms with Crippen molar-refractivity contribution in [3.63, 3.8) is 0 Å². The van der Waals surface area contributed by atoms with Crippen molar-refractivity contribution in [1.29, 1.82) is 5.26 Å². The van der Waals surface area contributed by atoms with Gasteiger partial charge in [0.25, 0.3) is 0 Å². The van der Waals surface area contributed by atoms with Gasteiger partial charge in [-0.05, 0) is 75.9 Å². The van der Waals surface area contributed by atoms with Crippen LogP contribution < -0.4 is 14.2 Å². The minimum atomic E-state index is -0.668. The molecular formula is C28H40N2O3. The second-order valence-electron chi connectivity index (χ2n) is 8.97. The van der Waals surface area contributed by atoms with Crippen LogP contribution in [0.15, 0.2) is 42.5 Å². The van der Waals surface area contributed by atoms with Crippen molar-refractivity contribution in [3.05, 3.63) is 53.6 Å². The maximum Gasteiger partial charge on any atom is 0.203 e. The van der Waals surface area contributed by atoms with E-state index in [0.717, 1.165) is 37.9 Å². The van der Waals surface area contributed by atoms with Gasteiger partial charge in [-0.25, -0.2) is 0 Å². The smallest absolute Gasteiger partial charge is 0.203 e. The first-order valence-corrected chi connectivity index (χ1v) is 11.9. The van der Waals surface area contributed by atoms with Crippen LogP contribution in [0, 0.1) is 17.2 Å². The van der Waals surface area contributed by atoms with E-state index >= 15 is 0 Å². The Hall–Kier alpha value is -2.71. The highest BCUT2D eigenvalue weighted by atomic mass is 16.5. The second kappa shape index (κ2) is 13.1. The lowest BCUT2D eigenvalue weighted by molar-refractivity contribution is 0.277. The van der Waals surface area contributed by atoms with Crippen LogP contribution in [0.25, 0.3) is 0 Å². The standard InChI is InChI=1S/C28H40N2O3/c1-22(2)28(21-29,24-16-17-25(31-4)27(33-6)26(24)32-5)18-12-20-30(3)19-11-10-15-23-13-8-7-9-14-23/h7-9,13-14,16-17,22H,10-12,15,18-20H2,1-6H3/t28-/m0/s1. The van der Waals surface area contributed by atoms with Crippen molar-refractivity contribution in [3.8, 4) is 23.3 Å². The highest BCUT2D eigenvalue weighted by molar-refractivity contribution is 5.59. The number of aryl methyl sites for hydroxylation is 1. The molecule has 2 aromatic rings. The number of nitrogens with zero attached hydrogens (tertiary/aromatic N) is 2. The van der Waals surface area contributed by atoms with E-state index in [2.05, 4.69) is 62.2 Å². The van der Waals surface area contributed by atoms with E-state index in [0.29, 0.717) is 17.2 Å². The number of rotatable bonds is 14. The highest BCUT2D eigenvalue weighted by Gasteiger charge is 2.39. The molecular weight excluding hydrogens is 412 g/mol. The average molecular weight is 453 g/mol. The lowest BCUT2D eigenvalue weighted by Crippen LogP contribution is -2.33. The van der Waals surface area contributed by atoms with Crippen molar-refractivity contribution < 1.29 is 14.2 Å². The fourth-order valence-electron chi connectivity index (χ4n) is 4.53. The molecule has 0 aliphatic heterocycles. The predicted molar refractivity (Wildman–Crippen MR) is 134 cm³/mol. The van der Waals surface area contributed by atoms with Gasteiger partial charge in [-0.3, -0.25) is 0 Å². The third-order valence-electron chi connectivity index (χ3n) is 6.58. The summed E-state index contributed by atoms with van der Waals surface area (Å²) in [5, 5.41) is 10.4. The van der Waals surface area contributed by atoms with Gasteiger partial charge in [0, 0.05) is 5.56 Å². The number of unbranched alkanes of at least 4 members (excludes halogenated alkanes) is 1. The van der Waals surface area contributed by atoms with Gasteiger partial charge in [0.05, 0.1) is 32.8 Å². The average Bonchev–Trinajstić information content (AvgIpc) is 2.84. The van der Waals surface area contributed by atoms with Crippen molar-refractivity contribution in [1.82, 2.24) is 4.90 Å². The van der Waals surface area contributed by atoms with E-state index in [1.165, 1.54) is 18.4 Å². The first-order chi connectivity index (χ1) is 15.9. The number of nitriles is 1. The Morgan fingerprint density at radius 2 is 1.55 bits per heavy atom. The third kappa shape index (κ3) is 6.65. The highest BCUT2D eigenvalue weighted by Crippen LogP contribution is 2.48. The van der Waals surface area contributed by atoms with Gasteiger partial charge in [0.15, 0.2) is 11.5 Å². The molecule has 0 N–H and O–H groups in total. The molecule has 0 fully saturated rings. The summed E-state index contributed by atoms with van der Waals surface area (Å²) in [6.45, 7) is 6.23. The van der Waals surface area contributed by atoms with E-state index in [1.54, 1.807) is 21.3 Å². The SMILES string of the molecule is COc1ccc([C@](C#N)(CCCN(C)CCCCc2ccccc2)C(C)C)c(OC)c1OC. The van der Waals surface area contributed by atoms with Crippen molar-refractivity contribution in [2.45, 2.75) is 51.4 Å². The number of benzene rings is 2.